The topological polar surface area (TPSA) is 130 Å². The molecule has 178 valence electrons. The monoisotopic (exact) mass is 450 g/mol. The quantitative estimate of drug-likeness (QED) is 0.422. The minimum atomic E-state index is -1.52. The first kappa shape index (κ1) is 23.4. The van der Waals surface area contributed by atoms with Crippen molar-refractivity contribution in [3.63, 3.8) is 0 Å². The summed E-state index contributed by atoms with van der Waals surface area (Å²) < 4.78 is 11.5. The highest BCUT2D eigenvalue weighted by Gasteiger charge is 2.78. The van der Waals surface area contributed by atoms with E-state index in [2.05, 4.69) is 6.58 Å². The molecule has 0 aromatic heterocycles. The van der Waals surface area contributed by atoms with Crippen LogP contribution in [0.15, 0.2) is 12.2 Å². The minimum Gasteiger partial charge on any atom is -0.462 e. The Balaban J connectivity index is 1.99. The fourth-order valence-corrected chi connectivity index (χ4v) is 8.06. The van der Waals surface area contributed by atoms with Crippen LogP contribution in [0.1, 0.15) is 53.9 Å². The number of aliphatic hydroxyl groups is 3. The smallest absolute Gasteiger partial charge is 0.302 e. The molecular formula is C24H34O8. The zero-order chi connectivity index (χ0) is 24.0. The molecule has 0 unspecified atom stereocenters. The molecule has 0 heterocycles. The molecule has 0 radical (unpaired) electrons. The zero-order valence-electron chi connectivity index (χ0n) is 19.3. The highest BCUT2D eigenvalue weighted by Crippen LogP contribution is 2.71. The summed E-state index contributed by atoms with van der Waals surface area (Å²) >= 11 is 0. The van der Waals surface area contributed by atoms with Gasteiger partial charge in [0, 0.05) is 48.3 Å². The fourth-order valence-electron chi connectivity index (χ4n) is 8.06. The molecule has 0 aromatic carbocycles. The van der Waals surface area contributed by atoms with E-state index in [-0.39, 0.29) is 12.3 Å². The standard InChI is InChI=1S/C24H34O8/c1-10-13-7-14(31-11(2)25)18-23(6)16(32-12(3)26)8-15(27)22(4,5)19(23)17(28)21(30)24(18,9-13)20(10)29/h13-16,18-21,27,29-30H,1,7-9H2,2-6H3/t13-,14+,15+,16+,18+,19-,20-,21+,23+,24+/m1/s1. The summed E-state index contributed by atoms with van der Waals surface area (Å²) in [6.07, 6.45) is -4.38. The largest absolute Gasteiger partial charge is 0.462 e. The van der Waals surface area contributed by atoms with E-state index in [4.69, 9.17) is 9.47 Å². The molecule has 0 aromatic rings. The number of Topliss-reactive ketones (excluding diaryl/α,β-unsaturated/α-hetero) is 1. The van der Waals surface area contributed by atoms with E-state index in [1.807, 2.05) is 6.92 Å². The Bertz CT molecular complexity index is 879. The zero-order valence-corrected chi connectivity index (χ0v) is 19.3. The van der Waals surface area contributed by atoms with Crippen molar-refractivity contribution in [3.8, 4) is 0 Å². The van der Waals surface area contributed by atoms with Crippen LogP contribution >= 0.6 is 0 Å². The van der Waals surface area contributed by atoms with Gasteiger partial charge in [0.05, 0.1) is 12.2 Å². The lowest BCUT2D eigenvalue weighted by molar-refractivity contribution is -0.274. The molecule has 8 heteroatoms. The number of rotatable bonds is 2. The first-order valence-corrected chi connectivity index (χ1v) is 11.3. The van der Waals surface area contributed by atoms with Crippen LogP contribution in [0.25, 0.3) is 0 Å². The van der Waals surface area contributed by atoms with E-state index in [9.17, 15) is 29.7 Å². The van der Waals surface area contributed by atoms with E-state index in [0.717, 1.165) is 0 Å². The molecule has 0 amide bonds. The minimum absolute atomic E-state index is 0.1000. The van der Waals surface area contributed by atoms with Gasteiger partial charge in [0.2, 0.25) is 0 Å². The van der Waals surface area contributed by atoms with E-state index in [1.54, 1.807) is 13.8 Å². The van der Waals surface area contributed by atoms with Crippen LogP contribution in [0.2, 0.25) is 0 Å². The predicted molar refractivity (Wildman–Crippen MR) is 112 cm³/mol. The van der Waals surface area contributed by atoms with Crippen molar-refractivity contribution < 1.29 is 39.2 Å². The number of hydrogen-bond donors (Lipinski definition) is 3. The number of hydrogen-bond acceptors (Lipinski definition) is 8. The normalized spacial score (nSPS) is 49.1. The van der Waals surface area contributed by atoms with E-state index in [1.165, 1.54) is 13.8 Å². The lowest BCUT2D eigenvalue weighted by Gasteiger charge is -2.67. The predicted octanol–water partition coefficient (Wildman–Crippen LogP) is 1.15. The molecule has 4 aliphatic rings. The molecule has 10 atom stereocenters. The summed E-state index contributed by atoms with van der Waals surface area (Å²) in [5.74, 6) is -3.31. The average Bonchev–Trinajstić information content (AvgIpc) is 2.85. The van der Waals surface area contributed by atoms with E-state index >= 15 is 0 Å². The van der Waals surface area contributed by atoms with Crippen molar-refractivity contribution in [2.24, 2.45) is 34.0 Å². The van der Waals surface area contributed by atoms with Crippen LogP contribution < -0.4 is 0 Å². The maximum atomic E-state index is 13.8. The van der Waals surface area contributed by atoms with Gasteiger partial charge >= 0.3 is 11.9 Å². The molecule has 8 nitrogen and oxygen atoms in total. The van der Waals surface area contributed by atoms with Crippen molar-refractivity contribution in [1.82, 2.24) is 0 Å². The number of ketones is 1. The second-order valence-electron chi connectivity index (χ2n) is 11.1. The van der Waals surface area contributed by atoms with E-state index < -0.39 is 76.3 Å². The number of carbonyl (C=O) groups is 3. The summed E-state index contributed by atoms with van der Waals surface area (Å²) in [5, 5.41) is 33.7. The molecule has 3 N–H and O–H groups in total. The third-order valence-corrected chi connectivity index (χ3v) is 9.17. The molecule has 0 aliphatic heterocycles. The van der Waals surface area contributed by atoms with Gasteiger partial charge in [-0.1, -0.05) is 27.4 Å². The second-order valence-corrected chi connectivity index (χ2v) is 11.1. The number of ether oxygens (including phenoxy) is 2. The molecule has 0 saturated heterocycles. The van der Waals surface area contributed by atoms with Crippen LogP contribution in [0.4, 0.5) is 0 Å². The molecule has 2 bridgehead atoms. The van der Waals surface area contributed by atoms with E-state index in [0.29, 0.717) is 18.4 Å². The SMILES string of the molecule is C=C1[C@@H]2C[C@H](OC(C)=O)[C@H]3[C@]4(C)[C@@H](OC(C)=O)C[C@H](O)C(C)(C)[C@H]4C(=O)[C@H](O)[C@]3(C2)[C@@H]1O. The van der Waals surface area contributed by atoms with Crippen LogP contribution in [-0.4, -0.2) is 63.6 Å². The van der Waals surface area contributed by atoms with Crippen LogP contribution in [-0.2, 0) is 23.9 Å². The summed E-state index contributed by atoms with van der Waals surface area (Å²) in [5.41, 5.74) is -2.82. The Labute approximate surface area is 188 Å². The molecule has 4 aliphatic carbocycles. The molecule has 4 fully saturated rings. The molecule has 32 heavy (non-hydrogen) atoms. The second kappa shape index (κ2) is 7.11. The van der Waals surface area contributed by atoms with Gasteiger partial charge in [-0.05, 0) is 24.3 Å². The van der Waals surface area contributed by atoms with Crippen molar-refractivity contribution in [2.75, 3.05) is 0 Å². The van der Waals surface area contributed by atoms with Crippen molar-refractivity contribution in [1.29, 1.82) is 0 Å². The van der Waals surface area contributed by atoms with Gasteiger partial charge in [0.15, 0.2) is 5.78 Å². The van der Waals surface area contributed by atoms with Crippen molar-refractivity contribution >= 4 is 17.7 Å². The molecular weight excluding hydrogens is 416 g/mol. The Morgan fingerprint density at radius 2 is 1.59 bits per heavy atom. The Morgan fingerprint density at radius 1 is 1.00 bits per heavy atom. The van der Waals surface area contributed by atoms with Crippen molar-refractivity contribution in [2.45, 2.75) is 84.4 Å². The third kappa shape index (κ3) is 2.75. The summed E-state index contributed by atoms with van der Waals surface area (Å²) in [4.78, 5) is 37.9. The van der Waals surface area contributed by atoms with Gasteiger partial charge in [-0.25, -0.2) is 0 Å². The van der Waals surface area contributed by atoms with Gasteiger partial charge in [0.25, 0.3) is 0 Å². The van der Waals surface area contributed by atoms with Crippen molar-refractivity contribution in [3.05, 3.63) is 12.2 Å². The number of esters is 2. The summed E-state index contributed by atoms with van der Waals surface area (Å²) in [6, 6.07) is 0. The Hall–Kier alpha value is -1.77. The number of aliphatic hydroxyl groups excluding tert-OH is 3. The summed E-state index contributed by atoms with van der Waals surface area (Å²) in [7, 11) is 0. The van der Waals surface area contributed by atoms with Crippen LogP contribution in [0.3, 0.4) is 0 Å². The highest BCUT2D eigenvalue weighted by molar-refractivity contribution is 5.90. The molecule has 4 saturated carbocycles. The first-order chi connectivity index (χ1) is 14.7. The lowest BCUT2D eigenvalue weighted by atomic mass is 9.38. The highest BCUT2D eigenvalue weighted by atomic mass is 16.6. The number of carbonyl (C=O) groups excluding carboxylic acids is 3. The average molecular weight is 451 g/mol. The fraction of sp³-hybridized carbons (Fsp3) is 0.792. The maximum Gasteiger partial charge on any atom is 0.302 e. The van der Waals surface area contributed by atoms with Gasteiger partial charge in [-0.3, -0.25) is 14.4 Å². The Morgan fingerprint density at radius 3 is 2.16 bits per heavy atom. The third-order valence-electron chi connectivity index (χ3n) is 9.17. The summed E-state index contributed by atoms with van der Waals surface area (Å²) in [6.45, 7) is 12.0. The van der Waals surface area contributed by atoms with Gasteiger partial charge in [0.1, 0.15) is 18.3 Å². The van der Waals surface area contributed by atoms with Gasteiger partial charge < -0.3 is 24.8 Å². The maximum absolute atomic E-state index is 13.8. The number of fused-ring (bicyclic) bond motifs is 3. The van der Waals surface area contributed by atoms with Crippen LogP contribution in [0, 0.1) is 34.0 Å². The molecule has 1 spiro atoms. The molecule has 4 rings (SSSR count). The lowest BCUT2D eigenvalue weighted by Crippen LogP contribution is -2.75. The Kier molecular flexibility index (Phi) is 5.20. The van der Waals surface area contributed by atoms with Gasteiger partial charge in [-0.15, -0.1) is 0 Å². The van der Waals surface area contributed by atoms with Gasteiger partial charge in [-0.2, -0.15) is 0 Å². The van der Waals surface area contributed by atoms with Crippen LogP contribution in [0.5, 0.6) is 0 Å². The first-order valence-electron chi connectivity index (χ1n) is 11.3.